The standard InChI is InChI=1S/C15H24N4/c1-12(2)4-8-18-10-13-11-19(9-5-14(13)18)15-16-6-3-7-17-15/h3,6-7,12-14H,4-5,8-11H2,1-2H3/t13-,14+/m0/s1. The van der Waals surface area contributed by atoms with Crippen molar-refractivity contribution in [2.45, 2.75) is 32.7 Å². The van der Waals surface area contributed by atoms with Crippen LogP contribution in [0.1, 0.15) is 26.7 Å². The van der Waals surface area contributed by atoms with E-state index in [2.05, 4.69) is 33.6 Å². The maximum Gasteiger partial charge on any atom is 0.225 e. The van der Waals surface area contributed by atoms with Crippen molar-refractivity contribution in [2.75, 3.05) is 31.1 Å². The topological polar surface area (TPSA) is 32.3 Å². The summed E-state index contributed by atoms with van der Waals surface area (Å²) in [5.74, 6) is 2.54. The van der Waals surface area contributed by atoms with Crippen molar-refractivity contribution in [1.82, 2.24) is 14.9 Å². The molecule has 2 aliphatic heterocycles. The molecule has 2 atom stereocenters. The fourth-order valence-electron chi connectivity index (χ4n) is 3.30. The molecule has 0 spiro atoms. The number of fused-ring (bicyclic) bond motifs is 1. The molecule has 2 fully saturated rings. The summed E-state index contributed by atoms with van der Waals surface area (Å²) in [6.07, 6.45) is 6.27. The van der Waals surface area contributed by atoms with Crippen LogP contribution in [-0.4, -0.2) is 47.1 Å². The number of aromatic nitrogens is 2. The summed E-state index contributed by atoms with van der Waals surface area (Å²) >= 11 is 0. The quantitative estimate of drug-likeness (QED) is 0.829. The first-order chi connectivity index (χ1) is 9.24. The summed E-state index contributed by atoms with van der Waals surface area (Å²) in [7, 11) is 0. The molecular formula is C15H24N4. The Hall–Kier alpha value is -1.16. The molecule has 0 aliphatic carbocycles. The second-order valence-electron chi connectivity index (χ2n) is 6.29. The number of anilines is 1. The van der Waals surface area contributed by atoms with Gasteiger partial charge in [0.1, 0.15) is 0 Å². The lowest BCUT2D eigenvalue weighted by molar-refractivity contribution is -0.00104. The molecule has 2 aliphatic rings. The van der Waals surface area contributed by atoms with E-state index >= 15 is 0 Å². The Kier molecular flexibility index (Phi) is 3.69. The van der Waals surface area contributed by atoms with Crippen LogP contribution in [0.25, 0.3) is 0 Å². The first-order valence-corrected chi connectivity index (χ1v) is 7.50. The monoisotopic (exact) mass is 260 g/mol. The Labute approximate surface area is 115 Å². The normalized spacial score (nSPS) is 27.2. The molecule has 0 saturated carbocycles. The molecule has 19 heavy (non-hydrogen) atoms. The molecule has 1 aromatic rings. The summed E-state index contributed by atoms with van der Waals surface area (Å²) in [5, 5.41) is 0. The van der Waals surface area contributed by atoms with Crippen LogP contribution in [0.5, 0.6) is 0 Å². The average Bonchev–Trinajstić information content (AvgIpc) is 2.40. The fraction of sp³-hybridized carbons (Fsp3) is 0.733. The first-order valence-electron chi connectivity index (χ1n) is 7.50. The predicted molar refractivity (Wildman–Crippen MR) is 77.2 cm³/mol. The molecule has 1 aromatic heterocycles. The van der Waals surface area contributed by atoms with Crippen LogP contribution in [-0.2, 0) is 0 Å². The van der Waals surface area contributed by atoms with Gasteiger partial charge in [0, 0.05) is 44.0 Å². The zero-order chi connectivity index (χ0) is 13.2. The zero-order valence-corrected chi connectivity index (χ0v) is 12.0. The van der Waals surface area contributed by atoms with Crippen LogP contribution < -0.4 is 4.90 Å². The van der Waals surface area contributed by atoms with E-state index in [1.165, 1.54) is 25.9 Å². The lowest BCUT2D eigenvalue weighted by atomic mass is 9.82. The minimum atomic E-state index is 0.817. The van der Waals surface area contributed by atoms with Gasteiger partial charge in [0.25, 0.3) is 0 Å². The van der Waals surface area contributed by atoms with E-state index in [4.69, 9.17) is 0 Å². The molecule has 3 rings (SSSR count). The Balaban J connectivity index is 1.52. The third kappa shape index (κ3) is 2.73. The molecule has 0 amide bonds. The van der Waals surface area contributed by atoms with Crippen molar-refractivity contribution in [1.29, 1.82) is 0 Å². The van der Waals surface area contributed by atoms with E-state index in [9.17, 15) is 0 Å². The number of likely N-dealkylation sites (tertiary alicyclic amines) is 1. The number of hydrogen-bond donors (Lipinski definition) is 0. The summed E-state index contributed by atoms with van der Waals surface area (Å²) in [4.78, 5) is 13.8. The van der Waals surface area contributed by atoms with Gasteiger partial charge in [-0.3, -0.25) is 4.90 Å². The van der Waals surface area contributed by atoms with E-state index in [-0.39, 0.29) is 0 Å². The van der Waals surface area contributed by atoms with E-state index in [0.29, 0.717) is 0 Å². The van der Waals surface area contributed by atoms with E-state index in [1.807, 2.05) is 18.5 Å². The van der Waals surface area contributed by atoms with Gasteiger partial charge < -0.3 is 4.90 Å². The van der Waals surface area contributed by atoms with Crippen molar-refractivity contribution in [3.8, 4) is 0 Å². The Morgan fingerprint density at radius 1 is 1.26 bits per heavy atom. The third-order valence-corrected chi connectivity index (χ3v) is 4.46. The molecule has 104 valence electrons. The molecule has 4 heteroatoms. The molecule has 0 N–H and O–H groups in total. The van der Waals surface area contributed by atoms with Gasteiger partial charge >= 0.3 is 0 Å². The lowest BCUT2D eigenvalue weighted by Crippen LogP contribution is -2.63. The second kappa shape index (κ2) is 5.45. The summed E-state index contributed by atoms with van der Waals surface area (Å²) in [6, 6.07) is 2.70. The fourth-order valence-corrected chi connectivity index (χ4v) is 3.30. The predicted octanol–water partition coefficient (Wildman–Crippen LogP) is 2.03. The molecule has 3 heterocycles. The highest BCUT2D eigenvalue weighted by Gasteiger charge is 2.42. The minimum Gasteiger partial charge on any atom is -0.340 e. The van der Waals surface area contributed by atoms with Crippen LogP contribution in [0.2, 0.25) is 0 Å². The van der Waals surface area contributed by atoms with Gasteiger partial charge in [0.15, 0.2) is 0 Å². The highest BCUT2D eigenvalue weighted by atomic mass is 15.3. The molecule has 2 saturated heterocycles. The van der Waals surface area contributed by atoms with Crippen molar-refractivity contribution >= 4 is 5.95 Å². The SMILES string of the molecule is CC(C)CCN1C[C@H]2CN(c3ncccn3)CC[C@H]21. The molecule has 4 nitrogen and oxygen atoms in total. The van der Waals surface area contributed by atoms with Crippen LogP contribution in [0, 0.1) is 11.8 Å². The highest BCUT2D eigenvalue weighted by molar-refractivity contribution is 5.30. The van der Waals surface area contributed by atoms with Gasteiger partial charge in [0.2, 0.25) is 5.95 Å². The number of hydrogen-bond acceptors (Lipinski definition) is 4. The van der Waals surface area contributed by atoms with E-state index < -0.39 is 0 Å². The van der Waals surface area contributed by atoms with Gasteiger partial charge in [-0.15, -0.1) is 0 Å². The summed E-state index contributed by atoms with van der Waals surface area (Å²) < 4.78 is 0. The Morgan fingerprint density at radius 3 is 2.74 bits per heavy atom. The van der Waals surface area contributed by atoms with E-state index in [1.54, 1.807) is 0 Å². The Morgan fingerprint density at radius 2 is 2.05 bits per heavy atom. The number of piperidine rings is 1. The summed E-state index contributed by atoms with van der Waals surface area (Å²) in [5.41, 5.74) is 0. The van der Waals surface area contributed by atoms with Crippen molar-refractivity contribution in [3.63, 3.8) is 0 Å². The average molecular weight is 260 g/mol. The summed E-state index contributed by atoms with van der Waals surface area (Å²) in [6.45, 7) is 9.40. The lowest BCUT2D eigenvalue weighted by Gasteiger charge is -2.53. The Bertz CT molecular complexity index is 406. The molecule has 0 unspecified atom stereocenters. The molecule has 0 radical (unpaired) electrons. The number of rotatable bonds is 4. The third-order valence-electron chi connectivity index (χ3n) is 4.46. The first kappa shape index (κ1) is 12.9. The van der Waals surface area contributed by atoms with Gasteiger partial charge in [-0.2, -0.15) is 0 Å². The van der Waals surface area contributed by atoms with Crippen LogP contribution in [0.15, 0.2) is 18.5 Å². The van der Waals surface area contributed by atoms with Gasteiger partial charge in [-0.25, -0.2) is 9.97 Å². The number of nitrogens with zero attached hydrogens (tertiary/aromatic N) is 4. The van der Waals surface area contributed by atoms with Gasteiger partial charge in [-0.05, 0) is 31.4 Å². The zero-order valence-electron chi connectivity index (χ0n) is 12.0. The molecule has 0 aromatic carbocycles. The van der Waals surface area contributed by atoms with Crippen molar-refractivity contribution in [2.24, 2.45) is 11.8 Å². The van der Waals surface area contributed by atoms with Crippen LogP contribution >= 0.6 is 0 Å². The smallest absolute Gasteiger partial charge is 0.225 e. The minimum absolute atomic E-state index is 0.817. The van der Waals surface area contributed by atoms with E-state index in [0.717, 1.165) is 36.9 Å². The molecular weight excluding hydrogens is 236 g/mol. The maximum atomic E-state index is 4.37. The largest absolute Gasteiger partial charge is 0.340 e. The van der Waals surface area contributed by atoms with Crippen molar-refractivity contribution < 1.29 is 0 Å². The van der Waals surface area contributed by atoms with Crippen molar-refractivity contribution in [3.05, 3.63) is 18.5 Å². The van der Waals surface area contributed by atoms with Gasteiger partial charge in [-0.1, -0.05) is 13.8 Å². The van der Waals surface area contributed by atoms with Crippen LogP contribution in [0.4, 0.5) is 5.95 Å². The van der Waals surface area contributed by atoms with Crippen LogP contribution in [0.3, 0.4) is 0 Å². The van der Waals surface area contributed by atoms with Gasteiger partial charge in [0.05, 0.1) is 0 Å². The highest BCUT2D eigenvalue weighted by Crippen LogP contribution is 2.33. The second-order valence-corrected chi connectivity index (χ2v) is 6.29. The maximum absolute atomic E-state index is 4.37. The molecule has 0 bridgehead atoms.